The quantitative estimate of drug-likeness (QED) is 0.351. The second-order valence-electron chi connectivity index (χ2n) is 4.00. The fourth-order valence-corrected chi connectivity index (χ4v) is 2.06. The van der Waals surface area contributed by atoms with Gasteiger partial charge in [0.25, 0.3) is 0 Å². The van der Waals surface area contributed by atoms with Gasteiger partial charge in [0.15, 0.2) is 0 Å². The Kier molecular flexibility index (Phi) is 5.29. The van der Waals surface area contributed by atoms with Crippen molar-refractivity contribution in [1.29, 1.82) is 0 Å². The van der Waals surface area contributed by atoms with E-state index in [1.807, 2.05) is 13.0 Å². The molecular weight excluding hydrogens is 152 g/mol. The van der Waals surface area contributed by atoms with Crippen molar-refractivity contribution in [3.05, 3.63) is 12.3 Å². The molecule has 0 unspecified atom stereocenters. The Balaban J connectivity index is 3.15. The number of hydrogen-bond acceptors (Lipinski definition) is 1. The van der Waals surface area contributed by atoms with Crippen LogP contribution >= 0.6 is 0 Å². The van der Waals surface area contributed by atoms with Crippen molar-refractivity contribution in [2.75, 3.05) is 6.61 Å². The highest BCUT2D eigenvalue weighted by atomic mass is 28.3. The van der Waals surface area contributed by atoms with Crippen LogP contribution in [0.1, 0.15) is 13.3 Å². The minimum atomic E-state index is -0.821. The third kappa shape index (κ3) is 9.76. The van der Waals surface area contributed by atoms with E-state index in [2.05, 4.69) is 19.6 Å². The summed E-state index contributed by atoms with van der Waals surface area (Å²) in [5, 5.41) is 0. The smallest absolute Gasteiger partial charge is 0.0870 e. The maximum Gasteiger partial charge on any atom is 0.0870 e. The van der Waals surface area contributed by atoms with Crippen LogP contribution in [0.15, 0.2) is 12.3 Å². The molecule has 0 fully saturated rings. The van der Waals surface area contributed by atoms with Crippen LogP contribution in [0.25, 0.3) is 0 Å². The van der Waals surface area contributed by atoms with Gasteiger partial charge in [0.1, 0.15) is 0 Å². The lowest BCUT2D eigenvalue weighted by atomic mass is 10.5. The number of hydrogen-bond donors (Lipinski definition) is 0. The van der Waals surface area contributed by atoms with Gasteiger partial charge in [-0.25, -0.2) is 0 Å². The molecule has 1 nitrogen and oxygen atoms in total. The van der Waals surface area contributed by atoms with Gasteiger partial charge >= 0.3 is 0 Å². The predicted octanol–water partition coefficient (Wildman–Crippen LogP) is 3.26. The highest BCUT2D eigenvalue weighted by Crippen LogP contribution is 2.10. The van der Waals surface area contributed by atoms with Crippen LogP contribution in [-0.4, -0.2) is 14.7 Å². The molecule has 0 bridgehead atoms. The Morgan fingerprint density at radius 2 is 1.91 bits per heavy atom. The fraction of sp³-hybridized carbons (Fsp3) is 0.778. The zero-order chi connectivity index (χ0) is 8.74. The number of allylic oxidation sites excluding steroid dienone is 1. The summed E-state index contributed by atoms with van der Waals surface area (Å²) in [6, 6.07) is 1.37. The van der Waals surface area contributed by atoms with Crippen LogP contribution in [0.3, 0.4) is 0 Å². The van der Waals surface area contributed by atoms with Crippen LogP contribution in [0, 0.1) is 0 Å². The largest absolute Gasteiger partial charge is 0.502 e. The fourth-order valence-electron chi connectivity index (χ4n) is 0.850. The zero-order valence-corrected chi connectivity index (χ0v) is 9.18. The third-order valence-corrected chi connectivity index (χ3v) is 3.27. The second-order valence-corrected chi connectivity index (χ2v) is 9.63. The molecule has 66 valence electrons. The predicted molar refractivity (Wildman–Crippen MR) is 53.5 cm³/mol. The SMILES string of the molecule is CC=COCCC[Si](C)(C)C. The van der Waals surface area contributed by atoms with Gasteiger partial charge in [0.05, 0.1) is 12.9 Å². The Labute approximate surface area is 71.5 Å². The van der Waals surface area contributed by atoms with Gasteiger partial charge in [-0.3, -0.25) is 0 Å². The third-order valence-electron chi connectivity index (χ3n) is 1.42. The molecule has 0 aromatic carbocycles. The molecular formula is C9H20OSi. The average Bonchev–Trinajstić information content (AvgIpc) is 1.85. The first kappa shape index (κ1) is 10.8. The van der Waals surface area contributed by atoms with Gasteiger partial charge in [-0.15, -0.1) is 0 Å². The first-order valence-corrected chi connectivity index (χ1v) is 8.00. The number of ether oxygens (including phenoxy) is 1. The van der Waals surface area contributed by atoms with Crippen molar-refractivity contribution in [1.82, 2.24) is 0 Å². The normalized spacial score (nSPS) is 12.4. The lowest BCUT2D eigenvalue weighted by Gasteiger charge is -2.14. The van der Waals surface area contributed by atoms with Crippen molar-refractivity contribution < 1.29 is 4.74 Å². The molecule has 0 amide bonds. The highest BCUT2D eigenvalue weighted by Gasteiger charge is 2.11. The summed E-state index contributed by atoms with van der Waals surface area (Å²) in [7, 11) is -0.821. The van der Waals surface area contributed by atoms with Crippen LogP contribution in [0.4, 0.5) is 0 Å². The summed E-state index contributed by atoms with van der Waals surface area (Å²) in [5.74, 6) is 0. The molecule has 0 saturated heterocycles. The molecule has 0 aliphatic rings. The molecule has 0 spiro atoms. The molecule has 0 rings (SSSR count). The van der Waals surface area contributed by atoms with E-state index in [0.717, 1.165) is 6.61 Å². The molecule has 0 radical (unpaired) electrons. The van der Waals surface area contributed by atoms with Gasteiger partial charge < -0.3 is 4.74 Å². The van der Waals surface area contributed by atoms with Crippen molar-refractivity contribution in [3.8, 4) is 0 Å². The lowest BCUT2D eigenvalue weighted by Crippen LogP contribution is -2.19. The van der Waals surface area contributed by atoms with Gasteiger partial charge in [0, 0.05) is 8.07 Å². The maximum absolute atomic E-state index is 5.22. The Morgan fingerprint density at radius 1 is 1.27 bits per heavy atom. The zero-order valence-electron chi connectivity index (χ0n) is 8.18. The minimum absolute atomic E-state index is 0.821. The van der Waals surface area contributed by atoms with E-state index in [0.29, 0.717) is 0 Å². The summed E-state index contributed by atoms with van der Waals surface area (Å²) in [4.78, 5) is 0. The first-order valence-electron chi connectivity index (χ1n) is 4.29. The van der Waals surface area contributed by atoms with E-state index in [1.165, 1.54) is 12.5 Å². The summed E-state index contributed by atoms with van der Waals surface area (Å²) in [6.45, 7) is 10.0. The van der Waals surface area contributed by atoms with Crippen molar-refractivity contribution >= 4 is 8.07 Å². The molecule has 0 aromatic rings. The Morgan fingerprint density at radius 3 is 2.36 bits per heavy atom. The number of rotatable bonds is 5. The van der Waals surface area contributed by atoms with Gasteiger partial charge in [-0.1, -0.05) is 31.8 Å². The van der Waals surface area contributed by atoms with Crippen molar-refractivity contribution in [2.45, 2.75) is 39.0 Å². The summed E-state index contributed by atoms with van der Waals surface area (Å²) in [5.41, 5.74) is 0. The Hall–Kier alpha value is -0.243. The van der Waals surface area contributed by atoms with E-state index in [4.69, 9.17) is 4.74 Å². The van der Waals surface area contributed by atoms with Crippen LogP contribution in [0.2, 0.25) is 25.7 Å². The molecule has 2 heteroatoms. The maximum atomic E-state index is 5.22. The van der Waals surface area contributed by atoms with Crippen molar-refractivity contribution in [2.24, 2.45) is 0 Å². The summed E-state index contributed by atoms with van der Waals surface area (Å²) >= 11 is 0. The van der Waals surface area contributed by atoms with Gasteiger partial charge in [0.2, 0.25) is 0 Å². The van der Waals surface area contributed by atoms with Crippen LogP contribution in [0.5, 0.6) is 0 Å². The second kappa shape index (κ2) is 5.41. The molecule has 0 atom stereocenters. The molecule has 0 N–H and O–H groups in total. The van der Waals surface area contributed by atoms with Gasteiger partial charge in [-0.05, 0) is 13.3 Å². The van der Waals surface area contributed by atoms with E-state index >= 15 is 0 Å². The van der Waals surface area contributed by atoms with E-state index in [-0.39, 0.29) is 0 Å². The van der Waals surface area contributed by atoms with Crippen LogP contribution < -0.4 is 0 Å². The molecule has 0 heterocycles. The van der Waals surface area contributed by atoms with Gasteiger partial charge in [-0.2, -0.15) is 0 Å². The lowest BCUT2D eigenvalue weighted by molar-refractivity contribution is 0.249. The Bertz CT molecular complexity index is 113. The van der Waals surface area contributed by atoms with E-state index in [1.54, 1.807) is 6.26 Å². The summed E-state index contributed by atoms with van der Waals surface area (Å²) in [6.07, 6.45) is 4.90. The van der Waals surface area contributed by atoms with E-state index in [9.17, 15) is 0 Å². The van der Waals surface area contributed by atoms with Crippen LogP contribution in [-0.2, 0) is 4.74 Å². The average molecular weight is 172 g/mol. The van der Waals surface area contributed by atoms with E-state index < -0.39 is 8.07 Å². The standard InChI is InChI=1S/C9H20OSi/c1-5-7-10-8-6-9-11(2,3)4/h5,7H,6,8-9H2,1-4H3. The molecule has 0 aromatic heterocycles. The minimum Gasteiger partial charge on any atom is -0.502 e. The highest BCUT2D eigenvalue weighted by molar-refractivity contribution is 6.76. The first-order chi connectivity index (χ1) is 5.06. The summed E-state index contributed by atoms with van der Waals surface area (Å²) < 4.78 is 5.22. The molecule has 0 aliphatic heterocycles. The topological polar surface area (TPSA) is 9.23 Å². The molecule has 11 heavy (non-hydrogen) atoms. The molecule has 0 saturated carbocycles. The monoisotopic (exact) mass is 172 g/mol. The molecule has 0 aliphatic carbocycles. The van der Waals surface area contributed by atoms with Crippen molar-refractivity contribution in [3.63, 3.8) is 0 Å².